The summed E-state index contributed by atoms with van der Waals surface area (Å²) in [4.78, 5) is 25.0. The van der Waals surface area contributed by atoms with Gasteiger partial charge in [0.2, 0.25) is 5.91 Å². The van der Waals surface area contributed by atoms with Crippen molar-refractivity contribution < 1.29 is 27.6 Å². The molecular weight excluding hydrogens is 320 g/mol. The van der Waals surface area contributed by atoms with Crippen LogP contribution >= 0.6 is 0 Å². The van der Waals surface area contributed by atoms with E-state index in [0.717, 1.165) is 19.0 Å². The number of hydrogen-bond acceptors (Lipinski definition) is 7. The van der Waals surface area contributed by atoms with E-state index in [9.17, 15) is 9.59 Å². The molecule has 1 amide bonds. The van der Waals surface area contributed by atoms with Crippen LogP contribution in [0.5, 0.6) is 0 Å². The number of carbonyl (C=O) groups is 2. The number of hydrogen-bond donors (Lipinski definition) is 1. The van der Waals surface area contributed by atoms with Crippen molar-refractivity contribution in [3.8, 4) is 0 Å². The molecule has 1 heterocycles. The quantitative estimate of drug-likeness (QED) is 0.316. The van der Waals surface area contributed by atoms with E-state index in [-0.39, 0.29) is 24.2 Å². The van der Waals surface area contributed by atoms with Crippen LogP contribution in [0.1, 0.15) is 12.8 Å². The number of nitrogens with one attached hydrogen (secondary N) is 1. The van der Waals surface area contributed by atoms with Gasteiger partial charge in [-0.3, -0.25) is 9.59 Å². The number of amides is 1. The van der Waals surface area contributed by atoms with Crippen molar-refractivity contribution in [1.82, 2.24) is 10.2 Å². The molecule has 0 aromatic rings. The molecule has 1 rings (SSSR count). The van der Waals surface area contributed by atoms with E-state index in [1.54, 1.807) is 26.2 Å². The Bertz CT molecular complexity index is 383. The molecule has 0 aliphatic carbocycles. The van der Waals surface area contributed by atoms with Gasteiger partial charge in [0, 0.05) is 53.4 Å². The average molecular weight is 348 g/mol. The molecule has 0 aromatic heterocycles. The molecule has 1 saturated heterocycles. The second-order valence-corrected chi connectivity index (χ2v) is 8.50. The summed E-state index contributed by atoms with van der Waals surface area (Å²) in [6, 6.07) is 0.733. The molecule has 0 bridgehead atoms. The minimum absolute atomic E-state index is 0.00627. The molecule has 23 heavy (non-hydrogen) atoms. The van der Waals surface area contributed by atoms with Crippen molar-refractivity contribution in [1.29, 1.82) is 0 Å². The lowest BCUT2D eigenvalue weighted by atomic mass is 10.1. The topological polar surface area (TPSA) is 86.3 Å². The van der Waals surface area contributed by atoms with Crippen LogP contribution in [0, 0.1) is 5.92 Å². The summed E-state index contributed by atoms with van der Waals surface area (Å²) < 4.78 is 20.7. The molecule has 1 aliphatic heterocycles. The maximum atomic E-state index is 11.8. The highest BCUT2D eigenvalue weighted by Gasteiger charge is 2.37. The molecule has 0 spiro atoms. The number of methoxy groups -OCH3 is 1. The summed E-state index contributed by atoms with van der Waals surface area (Å²) in [6.45, 7) is 2.50. The SMILES string of the molecule is COC(=O)C1CC(=O)N(CCNCCC[Si](OC)(OC)OC)C1. The van der Waals surface area contributed by atoms with Gasteiger partial charge in [-0.2, -0.15) is 0 Å². The van der Waals surface area contributed by atoms with Crippen LogP contribution in [0.4, 0.5) is 0 Å². The molecule has 9 heteroatoms. The number of ether oxygens (including phenoxy) is 1. The van der Waals surface area contributed by atoms with Crippen LogP contribution in [0.25, 0.3) is 0 Å². The fourth-order valence-corrected chi connectivity index (χ4v) is 4.36. The first-order chi connectivity index (χ1) is 11.0. The van der Waals surface area contributed by atoms with Crippen molar-refractivity contribution >= 4 is 20.7 Å². The summed E-state index contributed by atoms with van der Waals surface area (Å²) in [6.07, 6.45) is 1.11. The van der Waals surface area contributed by atoms with Crippen LogP contribution in [0.3, 0.4) is 0 Å². The number of likely N-dealkylation sites (tertiary alicyclic amines) is 1. The smallest absolute Gasteiger partial charge is 0.469 e. The van der Waals surface area contributed by atoms with Crippen molar-refractivity contribution in [2.24, 2.45) is 5.92 Å². The predicted octanol–water partition coefficient (Wildman–Crippen LogP) is -0.134. The van der Waals surface area contributed by atoms with Crippen LogP contribution in [-0.4, -0.2) is 80.2 Å². The first-order valence-electron chi connectivity index (χ1n) is 7.73. The molecule has 0 radical (unpaired) electrons. The van der Waals surface area contributed by atoms with Crippen LogP contribution < -0.4 is 5.32 Å². The van der Waals surface area contributed by atoms with Gasteiger partial charge in [-0.15, -0.1) is 0 Å². The van der Waals surface area contributed by atoms with E-state index in [4.69, 9.17) is 13.3 Å². The molecule has 134 valence electrons. The van der Waals surface area contributed by atoms with Gasteiger partial charge in [-0.05, 0) is 13.0 Å². The lowest BCUT2D eigenvalue weighted by Crippen LogP contribution is -2.43. The first-order valence-corrected chi connectivity index (χ1v) is 9.67. The zero-order valence-corrected chi connectivity index (χ0v) is 15.4. The van der Waals surface area contributed by atoms with E-state index < -0.39 is 8.80 Å². The number of carbonyl (C=O) groups excluding carboxylic acids is 2. The molecule has 1 aliphatic rings. The number of nitrogens with zero attached hydrogens (tertiary/aromatic N) is 1. The molecule has 1 unspecified atom stereocenters. The Labute approximate surface area is 138 Å². The Balaban J connectivity index is 2.18. The molecule has 1 N–H and O–H groups in total. The van der Waals surface area contributed by atoms with E-state index in [1.807, 2.05) is 0 Å². The van der Waals surface area contributed by atoms with Crippen LogP contribution in [-0.2, 0) is 27.6 Å². The second kappa shape index (κ2) is 9.99. The fraction of sp³-hybridized carbons (Fsp3) is 0.857. The minimum Gasteiger partial charge on any atom is -0.469 e. The van der Waals surface area contributed by atoms with Crippen LogP contribution in [0.15, 0.2) is 0 Å². The zero-order chi connectivity index (χ0) is 17.3. The second-order valence-electron chi connectivity index (χ2n) is 5.41. The Morgan fingerprint density at radius 3 is 2.43 bits per heavy atom. The van der Waals surface area contributed by atoms with Gasteiger partial charge in [0.1, 0.15) is 0 Å². The highest BCUT2D eigenvalue weighted by Crippen LogP contribution is 2.18. The highest BCUT2D eigenvalue weighted by atomic mass is 28.4. The predicted molar refractivity (Wildman–Crippen MR) is 85.8 cm³/mol. The van der Waals surface area contributed by atoms with Gasteiger partial charge < -0.3 is 28.2 Å². The summed E-state index contributed by atoms with van der Waals surface area (Å²) in [7, 11) is 3.65. The Morgan fingerprint density at radius 2 is 1.87 bits per heavy atom. The molecular formula is C14H28N2O6Si. The lowest BCUT2D eigenvalue weighted by molar-refractivity contribution is -0.145. The van der Waals surface area contributed by atoms with Gasteiger partial charge in [0.05, 0.1) is 13.0 Å². The third-order valence-corrected chi connectivity index (χ3v) is 6.91. The summed E-state index contributed by atoms with van der Waals surface area (Å²) in [5.41, 5.74) is 0. The lowest BCUT2D eigenvalue weighted by Gasteiger charge is -2.24. The van der Waals surface area contributed by atoms with Crippen molar-refractivity contribution in [3.63, 3.8) is 0 Å². The molecule has 1 atom stereocenters. The maximum Gasteiger partial charge on any atom is 0.500 e. The zero-order valence-electron chi connectivity index (χ0n) is 14.4. The van der Waals surface area contributed by atoms with E-state index in [2.05, 4.69) is 10.1 Å². The monoisotopic (exact) mass is 348 g/mol. The van der Waals surface area contributed by atoms with E-state index in [0.29, 0.717) is 19.6 Å². The van der Waals surface area contributed by atoms with Crippen molar-refractivity contribution in [2.45, 2.75) is 18.9 Å². The summed E-state index contributed by atoms with van der Waals surface area (Å²) >= 11 is 0. The molecule has 1 fully saturated rings. The number of esters is 1. The molecule has 0 saturated carbocycles. The first kappa shape index (κ1) is 20.0. The molecule has 0 aromatic carbocycles. The molecule has 8 nitrogen and oxygen atoms in total. The summed E-state index contributed by atoms with van der Waals surface area (Å²) in [5, 5.41) is 3.28. The standard InChI is InChI=1S/C14H28N2O6Si/c1-19-14(18)12-10-13(17)16(11-12)8-7-15-6-5-9-23(20-2,21-3)22-4/h12,15H,5-11H2,1-4H3. The van der Waals surface area contributed by atoms with Gasteiger partial charge >= 0.3 is 14.8 Å². The Hall–Kier alpha value is -1.00. The average Bonchev–Trinajstić information content (AvgIpc) is 2.95. The van der Waals surface area contributed by atoms with Gasteiger partial charge in [-0.1, -0.05) is 0 Å². The fourth-order valence-electron chi connectivity index (χ4n) is 2.64. The Morgan fingerprint density at radius 1 is 1.22 bits per heavy atom. The van der Waals surface area contributed by atoms with Crippen molar-refractivity contribution in [3.05, 3.63) is 0 Å². The third-order valence-electron chi connectivity index (χ3n) is 4.08. The van der Waals surface area contributed by atoms with Gasteiger partial charge in [-0.25, -0.2) is 0 Å². The maximum absolute atomic E-state index is 11.8. The third kappa shape index (κ3) is 5.85. The normalized spacial score (nSPS) is 18.5. The highest BCUT2D eigenvalue weighted by molar-refractivity contribution is 6.60. The van der Waals surface area contributed by atoms with Crippen molar-refractivity contribution in [2.75, 3.05) is 54.6 Å². The van der Waals surface area contributed by atoms with Crippen LogP contribution in [0.2, 0.25) is 6.04 Å². The van der Waals surface area contributed by atoms with E-state index >= 15 is 0 Å². The number of rotatable bonds is 11. The minimum atomic E-state index is -2.50. The Kier molecular flexibility index (Phi) is 8.70. The van der Waals surface area contributed by atoms with E-state index in [1.165, 1.54) is 7.11 Å². The van der Waals surface area contributed by atoms with Gasteiger partial charge in [0.15, 0.2) is 0 Å². The van der Waals surface area contributed by atoms with Gasteiger partial charge in [0.25, 0.3) is 0 Å². The largest absolute Gasteiger partial charge is 0.500 e. The summed E-state index contributed by atoms with van der Waals surface area (Å²) in [5.74, 6) is -0.634.